The van der Waals surface area contributed by atoms with Crippen molar-refractivity contribution in [2.75, 3.05) is 6.54 Å². The zero-order valence-corrected chi connectivity index (χ0v) is 13.0. The highest BCUT2D eigenvalue weighted by atomic mass is 32.1. The van der Waals surface area contributed by atoms with E-state index in [4.69, 9.17) is 0 Å². The summed E-state index contributed by atoms with van der Waals surface area (Å²) in [4.78, 5) is 5.84. The van der Waals surface area contributed by atoms with E-state index in [9.17, 15) is 5.11 Å². The number of aromatic nitrogens is 1. The number of aliphatic hydroxyl groups is 1. The van der Waals surface area contributed by atoms with E-state index >= 15 is 0 Å². The van der Waals surface area contributed by atoms with Crippen LogP contribution < -0.4 is 5.32 Å². The maximum Gasteiger partial charge on any atom is 0.0928 e. The van der Waals surface area contributed by atoms with Crippen LogP contribution in [-0.4, -0.2) is 22.7 Å². The molecule has 0 aliphatic rings. The van der Waals surface area contributed by atoms with E-state index in [1.54, 1.807) is 11.3 Å². The highest BCUT2D eigenvalue weighted by molar-refractivity contribution is 7.11. The highest BCUT2D eigenvalue weighted by Crippen LogP contribution is 2.25. The number of nitrogens with one attached hydrogen (secondary N) is 1. The summed E-state index contributed by atoms with van der Waals surface area (Å²) >= 11 is 1.78. The predicted molar refractivity (Wildman–Crippen MR) is 78.1 cm³/mol. The Hall–Kier alpha value is -0.450. The molecule has 18 heavy (non-hydrogen) atoms. The molecule has 3 unspecified atom stereocenters. The van der Waals surface area contributed by atoms with Gasteiger partial charge >= 0.3 is 0 Å². The fourth-order valence-electron chi connectivity index (χ4n) is 1.88. The Bertz CT molecular complexity index is 365. The number of aliphatic hydroxyl groups excluding tert-OH is 1. The van der Waals surface area contributed by atoms with E-state index in [-0.39, 0.29) is 12.1 Å². The predicted octanol–water partition coefficient (Wildman–Crippen LogP) is 3.07. The molecule has 1 rings (SSSR count). The lowest BCUT2D eigenvalue weighted by molar-refractivity contribution is 0.110. The third-order valence-corrected chi connectivity index (χ3v) is 4.99. The third-order valence-electron chi connectivity index (χ3n) is 3.51. The number of rotatable bonds is 7. The standard InChI is InChI=1S/C14H26N2OS/c1-6-9(3)12(17)8-15-10(4)14-11(5)16-13(7-2)18-14/h9-10,12,15,17H,6-8H2,1-5H3. The van der Waals surface area contributed by atoms with Crippen molar-refractivity contribution in [3.63, 3.8) is 0 Å². The van der Waals surface area contributed by atoms with Crippen molar-refractivity contribution < 1.29 is 5.11 Å². The lowest BCUT2D eigenvalue weighted by Gasteiger charge is -2.20. The Labute approximate surface area is 115 Å². The first-order valence-corrected chi connectivity index (χ1v) is 7.68. The minimum absolute atomic E-state index is 0.265. The van der Waals surface area contributed by atoms with Gasteiger partial charge in [-0.1, -0.05) is 27.2 Å². The molecule has 1 heterocycles. The van der Waals surface area contributed by atoms with Gasteiger partial charge in [0.25, 0.3) is 0 Å². The molecule has 1 aromatic rings. The van der Waals surface area contributed by atoms with Crippen LogP contribution in [0.25, 0.3) is 0 Å². The molecule has 0 bridgehead atoms. The molecule has 0 saturated heterocycles. The van der Waals surface area contributed by atoms with Crippen LogP contribution in [0.3, 0.4) is 0 Å². The molecule has 104 valence electrons. The van der Waals surface area contributed by atoms with Gasteiger partial charge in [0.2, 0.25) is 0 Å². The average molecular weight is 270 g/mol. The van der Waals surface area contributed by atoms with Crippen molar-refractivity contribution in [3.05, 3.63) is 15.6 Å². The van der Waals surface area contributed by atoms with E-state index in [0.29, 0.717) is 12.5 Å². The second-order valence-electron chi connectivity index (χ2n) is 4.99. The summed E-state index contributed by atoms with van der Waals surface area (Å²) < 4.78 is 0. The SMILES string of the molecule is CCc1nc(C)c(C(C)NCC(O)C(C)CC)s1. The lowest BCUT2D eigenvalue weighted by Crippen LogP contribution is -2.33. The van der Waals surface area contributed by atoms with Gasteiger partial charge in [-0.15, -0.1) is 11.3 Å². The van der Waals surface area contributed by atoms with Crippen LogP contribution in [0.2, 0.25) is 0 Å². The molecule has 0 aliphatic carbocycles. The van der Waals surface area contributed by atoms with Gasteiger partial charge in [0, 0.05) is 17.5 Å². The monoisotopic (exact) mass is 270 g/mol. The second-order valence-corrected chi connectivity index (χ2v) is 6.11. The number of hydrogen-bond acceptors (Lipinski definition) is 4. The first kappa shape index (κ1) is 15.6. The van der Waals surface area contributed by atoms with Gasteiger partial charge in [-0.3, -0.25) is 0 Å². The van der Waals surface area contributed by atoms with Crippen LogP contribution in [-0.2, 0) is 6.42 Å². The zero-order valence-electron chi connectivity index (χ0n) is 12.2. The molecular weight excluding hydrogens is 244 g/mol. The van der Waals surface area contributed by atoms with Crippen molar-refractivity contribution in [2.45, 2.75) is 59.6 Å². The second kappa shape index (κ2) is 7.22. The minimum atomic E-state index is -0.267. The van der Waals surface area contributed by atoms with Crippen molar-refractivity contribution >= 4 is 11.3 Å². The molecule has 4 heteroatoms. The lowest BCUT2D eigenvalue weighted by atomic mass is 10.0. The van der Waals surface area contributed by atoms with Crippen molar-refractivity contribution in [2.24, 2.45) is 5.92 Å². The van der Waals surface area contributed by atoms with Crippen molar-refractivity contribution in [3.8, 4) is 0 Å². The molecule has 3 nitrogen and oxygen atoms in total. The van der Waals surface area contributed by atoms with Crippen LogP contribution >= 0.6 is 11.3 Å². The average Bonchev–Trinajstić information content (AvgIpc) is 2.75. The van der Waals surface area contributed by atoms with Crippen LogP contribution in [0.1, 0.15) is 55.7 Å². The first-order chi connectivity index (χ1) is 8.49. The molecule has 2 N–H and O–H groups in total. The molecule has 0 aliphatic heterocycles. The topological polar surface area (TPSA) is 45.2 Å². The maximum absolute atomic E-state index is 9.96. The largest absolute Gasteiger partial charge is 0.392 e. The first-order valence-electron chi connectivity index (χ1n) is 6.87. The van der Waals surface area contributed by atoms with Crippen molar-refractivity contribution in [1.29, 1.82) is 0 Å². The molecule has 0 fully saturated rings. The van der Waals surface area contributed by atoms with E-state index < -0.39 is 0 Å². The third kappa shape index (κ3) is 4.04. The van der Waals surface area contributed by atoms with Gasteiger partial charge in [0.15, 0.2) is 0 Å². The molecule has 0 amide bonds. The summed E-state index contributed by atoms with van der Waals surface area (Å²) in [5, 5.41) is 14.6. The zero-order chi connectivity index (χ0) is 13.7. The Morgan fingerprint density at radius 2 is 2.00 bits per heavy atom. The van der Waals surface area contributed by atoms with E-state index in [1.807, 2.05) is 0 Å². The van der Waals surface area contributed by atoms with Gasteiger partial charge in [-0.25, -0.2) is 4.98 Å². The maximum atomic E-state index is 9.96. The fourth-order valence-corrected chi connectivity index (χ4v) is 2.92. The highest BCUT2D eigenvalue weighted by Gasteiger charge is 2.17. The van der Waals surface area contributed by atoms with E-state index in [1.165, 1.54) is 9.88 Å². The summed E-state index contributed by atoms with van der Waals surface area (Å²) in [5.74, 6) is 0.346. The molecule has 1 aromatic heterocycles. The summed E-state index contributed by atoms with van der Waals surface area (Å²) in [6.45, 7) is 11.2. The number of thiazole rings is 1. The van der Waals surface area contributed by atoms with Crippen LogP contribution in [0.4, 0.5) is 0 Å². The summed E-state index contributed by atoms with van der Waals surface area (Å²) in [6.07, 6.45) is 1.74. The molecule has 0 spiro atoms. The van der Waals surface area contributed by atoms with Gasteiger partial charge in [0.05, 0.1) is 16.8 Å². The fraction of sp³-hybridized carbons (Fsp3) is 0.786. The number of hydrogen-bond donors (Lipinski definition) is 2. The van der Waals surface area contributed by atoms with Crippen molar-refractivity contribution in [1.82, 2.24) is 10.3 Å². The molecule has 0 radical (unpaired) electrons. The quantitative estimate of drug-likeness (QED) is 0.800. The smallest absolute Gasteiger partial charge is 0.0928 e. The van der Waals surface area contributed by atoms with E-state index in [0.717, 1.165) is 18.5 Å². The van der Waals surface area contributed by atoms with Gasteiger partial charge in [0.1, 0.15) is 0 Å². The Balaban J connectivity index is 2.54. The van der Waals surface area contributed by atoms with Crippen LogP contribution in [0.15, 0.2) is 0 Å². The Kier molecular flexibility index (Phi) is 6.26. The van der Waals surface area contributed by atoms with Gasteiger partial charge in [-0.05, 0) is 26.2 Å². The summed E-state index contributed by atoms with van der Waals surface area (Å²) in [6, 6.07) is 0.265. The normalized spacial score (nSPS) is 16.6. The van der Waals surface area contributed by atoms with Crippen LogP contribution in [0.5, 0.6) is 0 Å². The minimum Gasteiger partial charge on any atom is -0.392 e. The van der Waals surface area contributed by atoms with Crippen LogP contribution in [0, 0.1) is 12.8 Å². The number of nitrogens with zero attached hydrogens (tertiary/aromatic N) is 1. The summed E-state index contributed by atoms with van der Waals surface area (Å²) in [7, 11) is 0. The molecule has 3 atom stereocenters. The molecule has 0 aromatic carbocycles. The molecular formula is C14H26N2OS. The van der Waals surface area contributed by atoms with Gasteiger partial charge < -0.3 is 10.4 Å². The molecule has 0 saturated carbocycles. The van der Waals surface area contributed by atoms with E-state index in [2.05, 4.69) is 44.9 Å². The van der Waals surface area contributed by atoms with Gasteiger partial charge in [-0.2, -0.15) is 0 Å². The summed E-state index contributed by atoms with van der Waals surface area (Å²) in [5.41, 5.74) is 1.12. The Morgan fingerprint density at radius 3 is 2.50 bits per heavy atom. The Morgan fingerprint density at radius 1 is 1.33 bits per heavy atom. The number of aryl methyl sites for hydroxylation is 2.